The predicted molar refractivity (Wildman–Crippen MR) is 186 cm³/mol. The maximum Gasteiger partial charge on any atom is 0.132 e. The number of aliphatic hydroxyl groups is 2. The number of hydrogen-bond acceptors (Lipinski definition) is 4. The van der Waals surface area contributed by atoms with E-state index in [4.69, 9.17) is 0 Å². The van der Waals surface area contributed by atoms with Crippen LogP contribution in [0.4, 0.5) is 4.39 Å². The summed E-state index contributed by atoms with van der Waals surface area (Å²) in [5, 5.41) is 36.9. The van der Waals surface area contributed by atoms with Crippen molar-refractivity contribution >= 4 is 32.9 Å². The molecule has 0 spiro atoms. The standard InChI is InChI=1S/C36H29FO3S.C4H5N/c1-20-6-7-23(18-24(20)19-26-14-17-31(41-26)21-8-12-25(37)13-9-21)32-28-5-3-2-4-27(28)29-15-10-22-11-16-30(38)35(39)33(22)34(29)36(32)40;1-2-4-5-3-1/h2-10,12-15,17-18,30,35,38-40H,11,16,19H2,1H3;1-5H. The molecule has 0 saturated carbocycles. The quantitative estimate of drug-likeness (QED) is 0.147. The van der Waals surface area contributed by atoms with E-state index in [9.17, 15) is 19.7 Å². The summed E-state index contributed by atoms with van der Waals surface area (Å²) < 4.78 is 13.4. The van der Waals surface area contributed by atoms with E-state index in [1.807, 2.05) is 60.9 Å². The molecule has 0 amide bonds. The molecule has 1 aliphatic carbocycles. The minimum absolute atomic E-state index is 0.133. The number of rotatable bonds is 4. The Morgan fingerprint density at radius 3 is 2.28 bits per heavy atom. The fraction of sp³-hybridized carbons (Fsp3) is 0.150. The molecule has 1 aliphatic rings. The summed E-state index contributed by atoms with van der Waals surface area (Å²) in [4.78, 5) is 5.15. The van der Waals surface area contributed by atoms with Crippen molar-refractivity contribution in [2.24, 2.45) is 0 Å². The van der Waals surface area contributed by atoms with Gasteiger partial charge in [-0.2, -0.15) is 0 Å². The number of phenolic OH excluding ortho intramolecular Hbond substituents is 1. The molecule has 0 aliphatic heterocycles. The number of nitrogens with one attached hydrogen (secondary N) is 1. The molecule has 2 heterocycles. The van der Waals surface area contributed by atoms with Gasteiger partial charge >= 0.3 is 0 Å². The van der Waals surface area contributed by atoms with Crippen LogP contribution in [0, 0.1) is 12.7 Å². The number of H-pyrrole nitrogens is 1. The molecular formula is C40H34FNO3S. The van der Waals surface area contributed by atoms with Gasteiger partial charge in [-0.1, -0.05) is 66.7 Å². The summed E-state index contributed by atoms with van der Waals surface area (Å²) >= 11 is 1.70. The van der Waals surface area contributed by atoms with Gasteiger partial charge in [0.2, 0.25) is 0 Å². The van der Waals surface area contributed by atoms with Crippen molar-refractivity contribution in [1.82, 2.24) is 4.98 Å². The van der Waals surface area contributed by atoms with Crippen molar-refractivity contribution in [3.05, 3.63) is 148 Å². The van der Waals surface area contributed by atoms with Gasteiger partial charge in [-0.05, 0) is 106 Å². The van der Waals surface area contributed by atoms with E-state index >= 15 is 0 Å². The minimum Gasteiger partial charge on any atom is -0.507 e. The summed E-state index contributed by atoms with van der Waals surface area (Å²) in [6, 6.07) is 33.1. The third kappa shape index (κ3) is 5.60. The molecule has 5 aromatic carbocycles. The van der Waals surface area contributed by atoms with Crippen LogP contribution >= 0.6 is 11.3 Å². The van der Waals surface area contributed by atoms with E-state index in [0.717, 1.165) is 60.8 Å². The highest BCUT2D eigenvalue weighted by Gasteiger charge is 2.30. The third-order valence-corrected chi connectivity index (χ3v) is 10.1. The molecule has 46 heavy (non-hydrogen) atoms. The third-order valence-electron chi connectivity index (χ3n) is 8.95. The highest BCUT2D eigenvalue weighted by Crippen LogP contribution is 2.48. The maximum atomic E-state index is 13.4. The number of aryl methyl sites for hydroxylation is 2. The second kappa shape index (κ2) is 12.6. The number of aromatic amines is 1. The lowest BCUT2D eigenvalue weighted by Gasteiger charge is -2.29. The van der Waals surface area contributed by atoms with Crippen molar-refractivity contribution in [3.8, 4) is 27.3 Å². The molecule has 4 N–H and O–H groups in total. The normalized spacial score (nSPS) is 15.8. The lowest BCUT2D eigenvalue weighted by Crippen LogP contribution is -2.25. The molecule has 2 atom stereocenters. The minimum atomic E-state index is -1.05. The van der Waals surface area contributed by atoms with Crippen LogP contribution in [-0.4, -0.2) is 26.4 Å². The van der Waals surface area contributed by atoms with Gasteiger partial charge in [0.25, 0.3) is 0 Å². The van der Waals surface area contributed by atoms with Crippen LogP contribution in [0.5, 0.6) is 5.75 Å². The number of aromatic nitrogens is 1. The maximum absolute atomic E-state index is 13.4. The average Bonchev–Trinajstić information content (AvgIpc) is 3.81. The van der Waals surface area contributed by atoms with Crippen LogP contribution in [0.1, 0.15) is 39.7 Å². The van der Waals surface area contributed by atoms with Crippen molar-refractivity contribution in [2.45, 2.75) is 38.4 Å². The first-order chi connectivity index (χ1) is 22.4. The Morgan fingerprint density at radius 2 is 1.54 bits per heavy atom. The second-order valence-corrected chi connectivity index (χ2v) is 13.0. The zero-order chi connectivity index (χ0) is 31.8. The highest BCUT2D eigenvalue weighted by molar-refractivity contribution is 7.15. The molecule has 230 valence electrons. The fourth-order valence-electron chi connectivity index (χ4n) is 6.56. The summed E-state index contributed by atoms with van der Waals surface area (Å²) in [5.41, 5.74) is 6.54. The fourth-order valence-corrected chi connectivity index (χ4v) is 7.59. The van der Waals surface area contributed by atoms with Gasteiger partial charge in [-0.25, -0.2) is 4.39 Å². The van der Waals surface area contributed by atoms with E-state index in [0.29, 0.717) is 23.8 Å². The van der Waals surface area contributed by atoms with Crippen LogP contribution in [0.15, 0.2) is 116 Å². The topological polar surface area (TPSA) is 76.5 Å². The van der Waals surface area contributed by atoms with E-state index in [1.165, 1.54) is 17.0 Å². The Balaban J connectivity index is 0.000000619. The van der Waals surface area contributed by atoms with Crippen molar-refractivity contribution in [1.29, 1.82) is 0 Å². The number of thiophene rings is 1. The monoisotopic (exact) mass is 627 g/mol. The van der Waals surface area contributed by atoms with Gasteiger partial charge in [-0.15, -0.1) is 11.3 Å². The number of benzene rings is 5. The van der Waals surface area contributed by atoms with Crippen LogP contribution in [0.3, 0.4) is 0 Å². The van der Waals surface area contributed by atoms with Gasteiger partial charge in [0.15, 0.2) is 0 Å². The van der Waals surface area contributed by atoms with Gasteiger partial charge in [-0.3, -0.25) is 0 Å². The summed E-state index contributed by atoms with van der Waals surface area (Å²) in [7, 11) is 0. The molecule has 0 fully saturated rings. The summed E-state index contributed by atoms with van der Waals surface area (Å²) in [6.07, 6.45) is 3.72. The van der Waals surface area contributed by atoms with E-state index in [2.05, 4.69) is 42.2 Å². The predicted octanol–water partition coefficient (Wildman–Crippen LogP) is 9.49. The number of aromatic hydroxyl groups is 1. The number of hydrogen-bond donors (Lipinski definition) is 4. The molecule has 4 nitrogen and oxygen atoms in total. The molecule has 2 unspecified atom stereocenters. The molecule has 8 rings (SSSR count). The first-order valence-corrected chi connectivity index (χ1v) is 16.3. The molecule has 2 aromatic heterocycles. The van der Waals surface area contributed by atoms with E-state index in [-0.39, 0.29) is 11.6 Å². The number of aliphatic hydroxyl groups excluding tert-OH is 2. The average molecular weight is 628 g/mol. The van der Waals surface area contributed by atoms with Crippen LogP contribution in [-0.2, 0) is 12.8 Å². The number of phenols is 1. The Labute approximate surface area is 271 Å². The first-order valence-electron chi connectivity index (χ1n) is 15.5. The SMILES string of the molecule is Cc1ccc(-c2c(O)c3c4c(ccc3c3ccccc23)CCC(O)C4O)cc1Cc1ccc(-c2ccc(F)cc2)s1.c1cc[nH]c1. The molecular weight excluding hydrogens is 594 g/mol. The number of halogens is 1. The molecule has 0 radical (unpaired) electrons. The Hall–Kier alpha value is -4.75. The zero-order valence-electron chi connectivity index (χ0n) is 25.4. The van der Waals surface area contributed by atoms with E-state index in [1.54, 1.807) is 23.5 Å². The number of fused-ring (bicyclic) bond motifs is 5. The molecule has 0 saturated heterocycles. The van der Waals surface area contributed by atoms with Crippen LogP contribution in [0.2, 0.25) is 0 Å². The Kier molecular flexibility index (Phi) is 8.18. The Bertz CT molecular complexity index is 2130. The van der Waals surface area contributed by atoms with Crippen molar-refractivity contribution in [3.63, 3.8) is 0 Å². The second-order valence-electron chi connectivity index (χ2n) is 11.9. The lowest BCUT2D eigenvalue weighted by atomic mass is 9.81. The Morgan fingerprint density at radius 1 is 0.804 bits per heavy atom. The van der Waals surface area contributed by atoms with E-state index < -0.39 is 12.2 Å². The molecule has 6 heteroatoms. The summed E-state index contributed by atoms with van der Waals surface area (Å²) in [6.45, 7) is 2.10. The van der Waals surface area contributed by atoms with Gasteiger partial charge in [0.1, 0.15) is 17.7 Å². The van der Waals surface area contributed by atoms with Crippen LogP contribution in [0.25, 0.3) is 43.1 Å². The molecule has 7 aromatic rings. The zero-order valence-corrected chi connectivity index (χ0v) is 26.2. The smallest absolute Gasteiger partial charge is 0.132 e. The van der Waals surface area contributed by atoms with Gasteiger partial charge < -0.3 is 20.3 Å². The first kappa shape index (κ1) is 29.9. The van der Waals surface area contributed by atoms with Gasteiger partial charge in [0, 0.05) is 39.5 Å². The molecule has 0 bridgehead atoms. The van der Waals surface area contributed by atoms with Gasteiger partial charge in [0.05, 0.1) is 6.10 Å². The van der Waals surface area contributed by atoms with Crippen molar-refractivity contribution < 1.29 is 19.7 Å². The van der Waals surface area contributed by atoms with Crippen molar-refractivity contribution in [2.75, 3.05) is 0 Å². The largest absolute Gasteiger partial charge is 0.507 e. The summed E-state index contributed by atoms with van der Waals surface area (Å²) in [5.74, 6) is -0.109. The van der Waals surface area contributed by atoms with Crippen LogP contribution < -0.4 is 0 Å². The highest BCUT2D eigenvalue weighted by atomic mass is 32.1. The lowest BCUT2D eigenvalue weighted by molar-refractivity contribution is 0.00741.